The second kappa shape index (κ2) is 19.4. The number of allylic oxidation sites excluding steroid dienone is 4. The number of carbonyl (C=O) groups is 2. The number of fused-ring (bicyclic) bond motifs is 9. The minimum atomic E-state index is -1.16. The predicted octanol–water partition coefficient (Wildman–Crippen LogP) is 16.9. The second-order valence-electron chi connectivity index (χ2n) is 35.4. The van der Waals surface area contributed by atoms with E-state index in [-0.39, 0.29) is 29.8 Å². The quantitative estimate of drug-likeness (QED) is 0.227. The molecular formula is C79H107N3O5. The third kappa shape index (κ3) is 7.02. The highest BCUT2D eigenvalue weighted by Crippen LogP contribution is 2.89. The van der Waals surface area contributed by atoms with Crippen molar-refractivity contribution in [3.8, 4) is 0 Å². The molecule has 8 saturated carbocycles. The lowest BCUT2D eigenvalue weighted by Gasteiger charge is -2.73. The van der Waals surface area contributed by atoms with E-state index in [2.05, 4.69) is 47.9 Å². The van der Waals surface area contributed by atoms with Crippen molar-refractivity contribution < 1.29 is 24.2 Å². The van der Waals surface area contributed by atoms with E-state index in [1.54, 1.807) is 22.4 Å². The predicted molar refractivity (Wildman–Crippen MR) is 339 cm³/mol. The first-order valence-corrected chi connectivity index (χ1v) is 37.8. The summed E-state index contributed by atoms with van der Waals surface area (Å²) in [6, 6.07) is 7.38. The van der Waals surface area contributed by atoms with Crippen LogP contribution in [0.15, 0.2) is 63.8 Å². The highest BCUT2D eigenvalue weighted by atomic mass is 16.6. The lowest BCUT2D eigenvalue weighted by Crippen LogP contribution is -2.78. The number of nitrogens with zero attached hydrogens (tertiary/aromatic N) is 2. The minimum Gasteiger partial charge on any atom is -0.509 e. The lowest BCUT2D eigenvalue weighted by molar-refractivity contribution is -0.283. The molecule has 11 fully saturated rings. The molecule has 0 amide bonds. The number of ether oxygens (including phenoxy) is 2. The Balaban J connectivity index is 0.860. The minimum absolute atomic E-state index is 0.0997. The average molecular weight is 1180 g/mol. The lowest BCUT2D eigenvalue weighted by atomic mass is 9.27. The van der Waals surface area contributed by atoms with Gasteiger partial charge in [0.15, 0.2) is 11.4 Å². The van der Waals surface area contributed by atoms with Crippen LogP contribution in [0.3, 0.4) is 0 Å². The summed E-state index contributed by atoms with van der Waals surface area (Å²) in [5.41, 5.74) is 15.7. The summed E-state index contributed by atoms with van der Waals surface area (Å²) >= 11 is 0. The summed E-state index contributed by atoms with van der Waals surface area (Å²) in [6.45, 7) is 9.13. The van der Waals surface area contributed by atoms with Crippen molar-refractivity contribution in [1.29, 1.82) is 0 Å². The second-order valence-corrected chi connectivity index (χ2v) is 35.4. The first-order valence-electron chi connectivity index (χ1n) is 37.8. The Hall–Kier alpha value is -3.36. The highest BCUT2D eigenvalue weighted by Gasteiger charge is 2.94. The first kappa shape index (κ1) is 55.3. The van der Waals surface area contributed by atoms with Crippen LogP contribution in [-0.2, 0) is 26.3 Å². The van der Waals surface area contributed by atoms with Gasteiger partial charge in [0.1, 0.15) is 11.2 Å². The molecule has 15 bridgehead atoms. The van der Waals surface area contributed by atoms with Crippen LogP contribution in [0.5, 0.6) is 0 Å². The normalized spacial score (nSPS) is 49.7. The molecule has 9 heterocycles. The number of hydrogen-bond acceptors (Lipinski definition) is 8. The van der Waals surface area contributed by atoms with Crippen LogP contribution in [0.1, 0.15) is 260 Å². The van der Waals surface area contributed by atoms with Crippen molar-refractivity contribution in [2.75, 3.05) is 26.2 Å². The van der Waals surface area contributed by atoms with Crippen LogP contribution in [-0.4, -0.2) is 65.1 Å². The zero-order valence-electron chi connectivity index (χ0n) is 53.7. The number of aliphatic hydroxyl groups excluding tert-OH is 1. The van der Waals surface area contributed by atoms with E-state index in [4.69, 9.17) is 15.2 Å². The molecular weight excluding hydrogens is 1070 g/mol. The van der Waals surface area contributed by atoms with Gasteiger partial charge >= 0.3 is 11.9 Å². The fraction of sp³-hybridized carbons (Fsp3) is 0.797. The number of benzene rings is 1. The van der Waals surface area contributed by atoms with E-state index < -0.39 is 16.4 Å². The number of carbonyl (C=O) groups excluding carboxylic acids is 2. The van der Waals surface area contributed by atoms with Crippen molar-refractivity contribution in [2.24, 2.45) is 109 Å². The summed E-state index contributed by atoms with van der Waals surface area (Å²) in [5, 5.41) is 14.4. The zero-order valence-corrected chi connectivity index (χ0v) is 53.7. The fourth-order valence-electron chi connectivity index (χ4n) is 29.9. The molecule has 3 saturated heterocycles. The summed E-state index contributed by atoms with van der Waals surface area (Å²) in [7, 11) is 0. The third-order valence-corrected chi connectivity index (χ3v) is 32.4. The summed E-state index contributed by atoms with van der Waals surface area (Å²) < 4.78 is 15.4. The van der Waals surface area contributed by atoms with E-state index in [1.165, 1.54) is 185 Å². The van der Waals surface area contributed by atoms with Crippen molar-refractivity contribution in [1.82, 2.24) is 9.80 Å². The molecule has 87 heavy (non-hydrogen) atoms. The van der Waals surface area contributed by atoms with Crippen molar-refractivity contribution >= 4 is 11.9 Å². The van der Waals surface area contributed by atoms with Gasteiger partial charge in [-0.05, 0) is 265 Å². The molecule has 468 valence electrons. The molecule has 0 aromatic heterocycles. The molecule has 22 rings (SSSR count). The van der Waals surface area contributed by atoms with E-state index >= 15 is 9.59 Å². The number of hydrogen-bond donors (Lipinski definition) is 2. The Bertz CT molecular complexity index is 3200. The monoisotopic (exact) mass is 1180 g/mol. The molecule has 21 aliphatic rings. The molecule has 12 aliphatic carbocycles. The summed E-state index contributed by atoms with van der Waals surface area (Å²) in [4.78, 5) is 39.3. The topological polar surface area (TPSA) is 105 Å². The van der Waals surface area contributed by atoms with Gasteiger partial charge in [0.25, 0.3) is 0 Å². The van der Waals surface area contributed by atoms with Gasteiger partial charge < -0.3 is 25.2 Å². The third-order valence-electron chi connectivity index (χ3n) is 32.4. The van der Waals surface area contributed by atoms with Crippen LogP contribution in [0.4, 0.5) is 0 Å². The molecule has 20 atom stereocenters. The number of aliphatic hydroxyl groups is 1. The number of esters is 2. The highest BCUT2D eigenvalue weighted by molar-refractivity contribution is 6.00. The molecule has 0 radical (unpaired) electrons. The van der Waals surface area contributed by atoms with E-state index in [1.807, 2.05) is 0 Å². The van der Waals surface area contributed by atoms with E-state index in [0.29, 0.717) is 106 Å². The van der Waals surface area contributed by atoms with Crippen molar-refractivity contribution in [2.45, 2.75) is 263 Å². The van der Waals surface area contributed by atoms with Gasteiger partial charge in [0.05, 0.1) is 11.0 Å². The standard InChI is InChI=1S/C79H107N3O5/c1-47-12-7-14-52-36-55-37-59-48(2)34-53-20-21-62-56-35-50-44-81(46-56)63(57-42-75(27-5-6-28-75)76(43-57)30-11-29-74(76)25-3-4-26-74)39-64(83)70-77-32-23-58(67(59)69(53)82(62)45-50)68(55)78(77,72(85)86-70)65(79(77)61-17-8-13-51(16-10-33-80)66(61)71(84)87-79)38-60(52)54-15-9-24-73(41-54)31-22-49(40-73)19-18-47/h8,13,17,36,47-50,54-57,59-60,62-63,65,67,83H,3-7,9-12,14-16,18-35,37-46,80H2,1-2H3/b52-36-,70-64+/t47-,48+,49+,50-,54+,55+,56+,57+,59-,60+,62-,63-,65+,67-,73+,76-,77-,78-,79-/m1/s1. The Labute approximate surface area is 521 Å². The van der Waals surface area contributed by atoms with E-state index in [0.717, 1.165) is 86.7 Å². The maximum absolute atomic E-state index is 17.3. The Morgan fingerprint density at radius 2 is 1.56 bits per heavy atom. The SMILES string of the molecule is C[C@@H]1CCC/C2=C/[C@H]3C[C@H]4[C@H]5C6=C3[C@]37C(=O)O/C(=C(/O)C[C@H]([C@H]8CC9(CCCC9)[C@]9(CCCC9%10CCCC%10)C8)N8C[C@H]9C[C@@H](C8)[C@H]8CCC(=C5N8C9)C[C@@H]4C)[C@@]3(CC6)[C@]3(OC(=O)c4c(CCCN)cccc43)[C@H]7C[C@@H]2[C@H]2CCC[C@@]3(CC[C@H](CC1)C3)C2. The molecule has 1 unspecified atom stereocenters. The molecule has 9 aliphatic heterocycles. The smallest absolute Gasteiger partial charge is 0.339 e. The zero-order chi connectivity index (χ0) is 58.2. The Morgan fingerprint density at radius 1 is 0.713 bits per heavy atom. The summed E-state index contributed by atoms with van der Waals surface area (Å²) in [5.74, 6) is 5.82. The van der Waals surface area contributed by atoms with Crippen LogP contribution in [0.25, 0.3) is 0 Å². The van der Waals surface area contributed by atoms with Crippen molar-refractivity contribution in [3.05, 3.63) is 80.5 Å². The van der Waals surface area contributed by atoms with Gasteiger partial charge in [0.2, 0.25) is 0 Å². The van der Waals surface area contributed by atoms with Crippen LogP contribution in [0.2, 0.25) is 0 Å². The van der Waals surface area contributed by atoms with Gasteiger partial charge in [-0.25, -0.2) is 4.79 Å². The van der Waals surface area contributed by atoms with E-state index in [9.17, 15) is 5.11 Å². The van der Waals surface area contributed by atoms with Gasteiger partial charge in [-0.15, -0.1) is 0 Å². The van der Waals surface area contributed by atoms with Crippen LogP contribution >= 0.6 is 0 Å². The first-order chi connectivity index (χ1) is 42.4. The van der Waals surface area contributed by atoms with Crippen molar-refractivity contribution in [3.63, 3.8) is 0 Å². The Kier molecular flexibility index (Phi) is 12.3. The van der Waals surface area contributed by atoms with Crippen LogP contribution < -0.4 is 5.73 Å². The average Bonchev–Trinajstić information content (AvgIpc) is 1.45. The number of rotatable bonds is 4. The number of aryl methyl sites for hydroxylation is 1. The Morgan fingerprint density at radius 3 is 2.43 bits per heavy atom. The fourth-order valence-corrected chi connectivity index (χ4v) is 29.9. The maximum Gasteiger partial charge on any atom is 0.339 e. The number of nitrogens with two attached hydrogens (primary N) is 1. The molecule has 1 aromatic carbocycles. The molecule has 1 aromatic rings. The largest absolute Gasteiger partial charge is 0.509 e. The molecule has 8 heteroatoms. The summed E-state index contributed by atoms with van der Waals surface area (Å²) in [6.07, 6.45) is 47.3. The maximum atomic E-state index is 17.3. The molecule has 3 N–H and O–H groups in total. The molecule has 7 spiro atoms. The van der Waals surface area contributed by atoms with Crippen LogP contribution in [0, 0.1) is 104 Å². The molecule has 8 nitrogen and oxygen atoms in total. The van der Waals surface area contributed by atoms with Gasteiger partial charge in [-0.3, -0.25) is 9.69 Å². The van der Waals surface area contributed by atoms with Gasteiger partial charge in [0, 0.05) is 61.2 Å². The number of piperidine rings is 2. The van der Waals surface area contributed by atoms with Gasteiger partial charge in [-0.2, -0.15) is 0 Å². The van der Waals surface area contributed by atoms with Gasteiger partial charge in [-0.1, -0.05) is 113 Å².